The maximum absolute atomic E-state index is 12.7. The zero-order valence-electron chi connectivity index (χ0n) is 13.9. The largest absolute Gasteiger partial charge is 0.467 e. The van der Waals surface area contributed by atoms with Crippen molar-refractivity contribution < 1.29 is 13.6 Å². The summed E-state index contributed by atoms with van der Waals surface area (Å²) in [5.41, 5.74) is 2.66. The van der Waals surface area contributed by atoms with Crippen molar-refractivity contribution in [3.63, 3.8) is 0 Å². The van der Waals surface area contributed by atoms with Gasteiger partial charge in [-0.3, -0.25) is 4.79 Å². The van der Waals surface area contributed by atoms with Crippen LogP contribution >= 0.6 is 0 Å². The normalized spacial score (nSPS) is 11.1. The van der Waals surface area contributed by atoms with Crippen LogP contribution in [0.3, 0.4) is 0 Å². The lowest BCUT2D eigenvalue weighted by molar-refractivity contribution is 0.0997. The van der Waals surface area contributed by atoms with E-state index in [1.807, 2.05) is 44.2 Å². The van der Waals surface area contributed by atoms with E-state index in [0.29, 0.717) is 23.7 Å². The first-order valence-corrected chi connectivity index (χ1v) is 7.97. The average molecular weight is 335 g/mol. The van der Waals surface area contributed by atoms with Crippen LogP contribution < -0.4 is 5.32 Å². The van der Waals surface area contributed by atoms with Crippen LogP contribution in [0.15, 0.2) is 57.7 Å². The van der Waals surface area contributed by atoms with Gasteiger partial charge < -0.3 is 14.2 Å². The number of amides is 1. The summed E-state index contributed by atoms with van der Waals surface area (Å²) < 4.78 is 12.7. The topological polar surface area (TPSA) is 73.2 Å². The lowest BCUT2D eigenvalue weighted by Crippen LogP contribution is -2.16. The van der Waals surface area contributed by atoms with E-state index in [9.17, 15) is 4.79 Å². The predicted molar refractivity (Wildman–Crippen MR) is 93.7 cm³/mol. The standard InChI is InChI=1S/C19H17N3O3/c1-12-5-6-16-15(10-12)13(2)18(25-16)19(23)21-17-7-8-20-22(17)11-14-4-3-9-24-14/h3-10H,11H2,1-2H3,(H,21,23). The van der Waals surface area contributed by atoms with Crippen molar-refractivity contribution in [2.75, 3.05) is 5.32 Å². The first-order chi connectivity index (χ1) is 12.1. The molecular weight excluding hydrogens is 318 g/mol. The van der Waals surface area contributed by atoms with Crippen molar-refractivity contribution in [2.45, 2.75) is 20.4 Å². The number of nitrogens with zero attached hydrogens (tertiary/aromatic N) is 2. The van der Waals surface area contributed by atoms with Gasteiger partial charge in [0.05, 0.1) is 12.5 Å². The highest BCUT2D eigenvalue weighted by Gasteiger charge is 2.19. The lowest BCUT2D eigenvalue weighted by atomic mass is 10.1. The summed E-state index contributed by atoms with van der Waals surface area (Å²) in [7, 11) is 0. The van der Waals surface area contributed by atoms with Crippen molar-refractivity contribution >= 4 is 22.7 Å². The Morgan fingerprint density at radius 2 is 2.12 bits per heavy atom. The highest BCUT2D eigenvalue weighted by molar-refractivity contribution is 6.06. The van der Waals surface area contributed by atoms with Crippen molar-refractivity contribution in [2.24, 2.45) is 0 Å². The van der Waals surface area contributed by atoms with E-state index in [-0.39, 0.29) is 5.91 Å². The first-order valence-electron chi connectivity index (χ1n) is 7.97. The minimum atomic E-state index is -0.299. The molecule has 0 radical (unpaired) electrons. The van der Waals surface area contributed by atoms with Gasteiger partial charge in [0.2, 0.25) is 0 Å². The third kappa shape index (κ3) is 2.82. The van der Waals surface area contributed by atoms with Gasteiger partial charge in [0.25, 0.3) is 5.91 Å². The summed E-state index contributed by atoms with van der Waals surface area (Å²) in [4.78, 5) is 12.7. The Hall–Kier alpha value is -3.28. The van der Waals surface area contributed by atoms with Crippen LogP contribution in [-0.4, -0.2) is 15.7 Å². The Balaban J connectivity index is 1.61. The quantitative estimate of drug-likeness (QED) is 0.608. The zero-order valence-corrected chi connectivity index (χ0v) is 13.9. The van der Waals surface area contributed by atoms with Gasteiger partial charge in [0.1, 0.15) is 23.7 Å². The molecule has 25 heavy (non-hydrogen) atoms. The van der Waals surface area contributed by atoms with Crippen molar-refractivity contribution in [1.82, 2.24) is 9.78 Å². The van der Waals surface area contributed by atoms with Crippen LogP contribution in [0.5, 0.6) is 0 Å². The second-order valence-electron chi connectivity index (χ2n) is 5.96. The Morgan fingerprint density at radius 1 is 1.24 bits per heavy atom. The minimum absolute atomic E-state index is 0.299. The van der Waals surface area contributed by atoms with Crippen molar-refractivity contribution in [1.29, 1.82) is 0 Å². The van der Waals surface area contributed by atoms with E-state index < -0.39 is 0 Å². The van der Waals surface area contributed by atoms with E-state index in [0.717, 1.165) is 22.3 Å². The number of aromatic nitrogens is 2. The lowest BCUT2D eigenvalue weighted by Gasteiger charge is -2.07. The van der Waals surface area contributed by atoms with Crippen LogP contribution in [0.25, 0.3) is 11.0 Å². The highest BCUT2D eigenvalue weighted by Crippen LogP contribution is 2.27. The molecule has 4 aromatic rings. The number of hydrogen-bond donors (Lipinski definition) is 1. The van der Waals surface area contributed by atoms with Gasteiger partial charge in [0, 0.05) is 17.0 Å². The van der Waals surface area contributed by atoms with Crippen LogP contribution in [0.4, 0.5) is 5.82 Å². The molecule has 0 saturated heterocycles. The molecule has 0 aliphatic rings. The maximum atomic E-state index is 12.7. The van der Waals surface area contributed by atoms with Gasteiger partial charge in [-0.05, 0) is 38.1 Å². The average Bonchev–Trinajstić information content (AvgIpc) is 3.31. The number of nitrogens with one attached hydrogen (secondary N) is 1. The number of carbonyl (C=O) groups is 1. The summed E-state index contributed by atoms with van der Waals surface area (Å²) in [5.74, 6) is 1.35. The number of fused-ring (bicyclic) bond motifs is 1. The fourth-order valence-electron chi connectivity index (χ4n) is 2.84. The fraction of sp³-hybridized carbons (Fsp3) is 0.158. The van der Waals surface area contributed by atoms with Gasteiger partial charge in [-0.25, -0.2) is 4.68 Å². The fourth-order valence-corrected chi connectivity index (χ4v) is 2.84. The molecule has 6 nitrogen and oxygen atoms in total. The number of furan rings is 2. The predicted octanol–water partition coefficient (Wildman–Crippen LogP) is 4.14. The number of hydrogen-bond acceptors (Lipinski definition) is 4. The number of carbonyl (C=O) groups excluding carboxylic acids is 1. The van der Waals surface area contributed by atoms with E-state index in [1.165, 1.54) is 0 Å². The first kappa shape index (κ1) is 15.3. The molecule has 1 amide bonds. The molecule has 0 aliphatic heterocycles. The number of rotatable bonds is 4. The zero-order chi connectivity index (χ0) is 17.4. The molecule has 4 rings (SSSR count). The second kappa shape index (κ2) is 5.98. The third-order valence-corrected chi connectivity index (χ3v) is 4.14. The summed E-state index contributed by atoms with van der Waals surface area (Å²) in [6.07, 6.45) is 3.24. The van der Waals surface area contributed by atoms with E-state index in [1.54, 1.807) is 23.2 Å². The number of anilines is 1. The molecular formula is C19H17N3O3. The highest BCUT2D eigenvalue weighted by atomic mass is 16.3. The van der Waals surface area contributed by atoms with Crippen LogP contribution in [0, 0.1) is 13.8 Å². The van der Waals surface area contributed by atoms with Gasteiger partial charge in [-0.15, -0.1) is 0 Å². The molecule has 0 saturated carbocycles. The Kier molecular flexibility index (Phi) is 3.65. The third-order valence-electron chi connectivity index (χ3n) is 4.14. The maximum Gasteiger partial charge on any atom is 0.292 e. The van der Waals surface area contributed by atoms with Gasteiger partial charge in [0.15, 0.2) is 5.76 Å². The van der Waals surface area contributed by atoms with Crippen molar-refractivity contribution in [3.8, 4) is 0 Å². The van der Waals surface area contributed by atoms with Gasteiger partial charge >= 0.3 is 0 Å². The monoisotopic (exact) mass is 335 g/mol. The summed E-state index contributed by atoms with van der Waals surface area (Å²) >= 11 is 0. The molecule has 6 heteroatoms. The molecule has 1 N–H and O–H groups in total. The molecule has 0 aliphatic carbocycles. The molecule has 0 unspecified atom stereocenters. The molecule has 126 valence electrons. The second-order valence-corrected chi connectivity index (χ2v) is 5.96. The molecule has 0 spiro atoms. The number of benzene rings is 1. The van der Waals surface area contributed by atoms with E-state index >= 15 is 0 Å². The van der Waals surface area contributed by atoms with Crippen LogP contribution in [0.1, 0.15) is 27.4 Å². The Morgan fingerprint density at radius 3 is 2.92 bits per heavy atom. The minimum Gasteiger partial charge on any atom is -0.467 e. The van der Waals surface area contributed by atoms with Crippen LogP contribution in [-0.2, 0) is 6.54 Å². The van der Waals surface area contributed by atoms with Crippen LogP contribution in [0.2, 0.25) is 0 Å². The molecule has 0 atom stereocenters. The molecule has 3 aromatic heterocycles. The smallest absolute Gasteiger partial charge is 0.292 e. The molecule has 1 aromatic carbocycles. The van der Waals surface area contributed by atoms with Gasteiger partial charge in [-0.1, -0.05) is 11.6 Å². The van der Waals surface area contributed by atoms with E-state index in [4.69, 9.17) is 8.83 Å². The molecule has 0 fully saturated rings. The number of aryl methyl sites for hydroxylation is 2. The van der Waals surface area contributed by atoms with Gasteiger partial charge in [-0.2, -0.15) is 5.10 Å². The van der Waals surface area contributed by atoms with E-state index in [2.05, 4.69) is 10.4 Å². The Bertz CT molecular complexity index is 1040. The summed E-state index contributed by atoms with van der Waals surface area (Å²) in [5, 5.41) is 8.04. The molecule has 0 bridgehead atoms. The summed E-state index contributed by atoms with van der Waals surface area (Å²) in [6.45, 7) is 4.34. The molecule has 3 heterocycles. The Labute approximate surface area is 144 Å². The SMILES string of the molecule is Cc1ccc2oc(C(=O)Nc3ccnn3Cc3ccco3)c(C)c2c1. The summed E-state index contributed by atoms with van der Waals surface area (Å²) in [6, 6.07) is 11.3. The van der Waals surface area contributed by atoms with Crippen molar-refractivity contribution in [3.05, 3.63) is 71.5 Å².